The molecule has 1 aromatic carbocycles. The number of Topliss-reactive ketones (excluding diaryl/α,β-unsaturated/α-hetero) is 1. The van der Waals surface area contributed by atoms with Crippen molar-refractivity contribution in [1.82, 2.24) is 10.3 Å². The molecule has 3 heterocycles. The Morgan fingerprint density at radius 2 is 2.12 bits per heavy atom. The van der Waals surface area contributed by atoms with E-state index in [0.29, 0.717) is 17.0 Å². The fraction of sp³-hybridized carbons (Fsp3) is 0.300. The first-order chi connectivity index (χ1) is 12.7. The molecule has 1 unspecified atom stereocenters. The highest BCUT2D eigenvalue weighted by Gasteiger charge is 2.38. The predicted molar refractivity (Wildman–Crippen MR) is 103 cm³/mol. The number of carbonyl (C=O) groups is 1. The van der Waals surface area contributed by atoms with Gasteiger partial charge in [0.25, 0.3) is 0 Å². The van der Waals surface area contributed by atoms with E-state index in [1.54, 1.807) is 6.20 Å². The largest absolute Gasteiger partial charge is 0.361 e. The molecule has 1 atom stereocenters. The molecule has 0 radical (unpaired) electrons. The van der Waals surface area contributed by atoms with Crippen LogP contribution in [0.15, 0.2) is 51.6 Å². The zero-order chi connectivity index (χ0) is 17.7. The van der Waals surface area contributed by atoms with Crippen molar-refractivity contribution >= 4 is 28.9 Å². The van der Waals surface area contributed by atoms with Crippen LogP contribution in [-0.4, -0.2) is 16.5 Å². The Morgan fingerprint density at radius 1 is 1.19 bits per heavy atom. The molecule has 0 saturated heterocycles. The van der Waals surface area contributed by atoms with Crippen molar-refractivity contribution in [2.45, 2.75) is 31.6 Å². The Balaban J connectivity index is 1.67. The van der Waals surface area contributed by atoms with Crippen LogP contribution in [0.1, 0.15) is 37.2 Å². The molecule has 132 valence electrons. The molecule has 0 amide bonds. The summed E-state index contributed by atoms with van der Waals surface area (Å²) in [5.41, 5.74) is 4.72. The quantitative estimate of drug-likeness (QED) is 0.792. The number of benzene rings is 1. The number of halogens is 1. The van der Waals surface area contributed by atoms with Gasteiger partial charge in [-0.15, -0.1) is 23.1 Å². The second-order valence-electron chi connectivity index (χ2n) is 6.74. The smallest absolute Gasteiger partial charge is 0.161 e. The molecule has 1 aromatic heterocycles. The van der Waals surface area contributed by atoms with E-state index >= 15 is 0 Å². The van der Waals surface area contributed by atoms with E-state index < -0.39 is 0 Å². The lowest BCUT2D eigenvalue weighted by atomic mass is 9.79. The average Bonchev–Trinajstić information content (AvgIpc) is 3.32. The maximum absolute atomic E-state index is 14.4. The van der Waals surface area contributed by atoms with E-state index in [1.807, 2.05) is 29.3 Å². The Labute approximate surface area is 159 Å². The van der Waals surface area contributed by atoms with Gasteiger partial charge < -0.3 is 5.32 Å². The van der Waals surface area contributed by atoms with Crippen LogP contribution in [0, 0.1) is 5.82 Å². The maximum atomic E-state index is 14.4. The van der Waals surface area contributed by atoms with Crippen molar-refractivity contribution in [2.24, 2.45) is 0 Å². The number of hydrogen-bond acceptors (Lipinski definition) is 5. The van der Waals surface area contributed by atoms with Crippen LogP contribution in [0.2, 0.25) is 0 Å². The summed E-state index contributed by atoms with van der Waals surface area (Å²) in [4.78, 5) is 18.3. The Hall–Kier alpha value is -1.92. The molecule has 3 aliphatic rings. The lowest BCUT2D eigenvalue weighted by Crippen LogP contribution is -2.30. The number of ketones is 1. The first kappa shape index (κ1) is 16.3. The van der Waals surface area contributed by atoms with Crippen LogP contribution in [0.5, 0.6) is 0 Å². The molecule has 3 nitrogen and oxygen atoms in total. The first-order valence-electron chi connectivity index (χ1n) is 8.81. The summed E-state index contributed by atoms with van der Waals surface area (Å²) in [5, 5.41) is 6.06. The van der Waals surface area contributed by atoms with Gasteiger partial charge in [0.15, 0.2) is 5.78 Å². The molecule has 1 N–H and O–H groups in total. The number of nitrogens with zero attached hydrogens (tertiary/aromatic N) is 1. The van der Waals surface area contributed by atoms with Gasteiger partial charge in [0.05, 0.1) is 0 Å². The summed E-state index contributed by atoms with van der Waals surface area (Å²) in [6, 6.07) is 5.24. The Morgan fingerprint density at radius 3 is 2.96 bits per heavy atom. The molecule has 0 saturated carbocycles. The van der Waals surface area contributed by atoms with Gasteiger partial charge in [-0.05, 0) is 37.0 Å². The van der Waals surface area contributed by atoms with Crippen molar-refractivity contribution in [2.75, 3.05) is 5.75 Å². The lowest BCUT2D eigenvalue weighted by Gasteiger charge is -2.33. The molecule has 0 spiro atoms. The normalized spacial score (nSPS) is 22.3. The van der Waals surface area contributed by atoms with Crippen molar-refractivity contribution in [1.29, 1.82) is 0 Å². The molecular formula is C20H17FN2OS2. The minimum atomic E-state index is -0.268. The van der Waals surface area contributed by atoms with E-state index in [9.17, 15) is 9.18 Å². The Bertz CT molecular complexity index is 962. The fourth-order valence-corrected chi connectivity index (χ4v) is 5.99. The van der Waals surface area contributed by atoms with Crippen LogP contribution in [0.4, 0.5) is 4.39 Å². The van der Waals surface area contributed by atoms with Gasteiger partial charge in [-0.3, -0.25) is 4.79 Å². The summed E-state index contributed by atoms with van der Waals surface area (Å²) in [6.07, 6.45) is 5.11. The standard InChI is InChI=1S/C20H17FN2OS2/c21-13-5-4-11(10-12(13)20-22-7-9-26-20)17-18-14(2-1-3-16(18)24)23-15-6-8-25-19(15)17/h4-5,7,9-10,17,23H,1-3,6,8H2. The maximum Gasteiger partial charge on any atom is 0.161 e. The van der Waals surface area contributed by atoms with E-state index in [2.05, 4.69) is 10.3 Å². The number of thioether (sulfide) groups is 1. The summed E-state index contributed by atoms with van der Waals surface area (Å²) in [6.45, 7) is 0. The molecule has 0 bridgehead atoms. The third kappa shape index (κ3) is 2.55. The number of nitrogens with one attached hydrogen (secondary N) is 1. The van der Waals surface area contributed by atoms with Crippen molar-refractivity contribution in [3.05, 3.63) is 63.0 Å². The average molecular weight is 385 g/mol. The van der Waals surface area contributed by atoms with Crippen LogP contribution in [0.25, 0.3) is 10.6 Å². The van der Waals surface area contributed by atoms with Crippen molar-refractivity contribution < 1.29 is 9.18 Å². The molecule has 2 aliphatic heterocycles. The number of rotatable bonds is 2. The highest BCUT2D eigenvalue weighted by Crippen LogP contribution is 2.50. The van der Waals surface area contributed by atoms with E-state index in [4.69, 9.17) is 0 Å². The second-order valence-corrected chi connectivity index (χ2v) is 8.78. The highest BCUT2D eigenvalue weighted by atomic mass is 32.2. The SMILES string of the molecule is O=C1CCCC2=C1C(c1ccc(F)c(-c3nccs3)c1)C1=C(CCS1)N2. The van der Waals surface area contributed by atoms with Crippen LogP contribution in [-0.2, 0) is 4.79 Å². The van der Waals surface area contributed by atoms with Crippen molar-refractivity contribution in [3.63, 3.8) is 0 Å². The zero-order valence-corrected chi connectivity index (χ0v) is 15.7. The third-order valence-electron chi connectivity index (χ3n) is 5.20. The van der Waals surface area contributed by atoms with Crippen LogP contribution >= 0.6 is 23.1 Å². The van der Waals surface area contributed by atoms with E-state index in [1.165, 1.54) is 28.0 Å². The van der Waals surface area contributed by atoms with Gasteiger partial charge in [-0.2, -0.15) is 0 Å². The number of aromatic nitrogens is 1. The van der Waals surface area contributed by atoms with Crippen LogP contribution < -0.4 is 5.32 Å². The summed E-state index contributed by atoms with van der Waals surface area (Å²) >= 11 is 3.25. The molecule has 26 heavy (non-hydrogen) atoms. The predicted octanol–water partition coefficient (Wildman–Crippen LogP) is 4.99. The lowest BCUT2D eigenvalue weighted by molar-refractivity contribution is -0.116. The number of carbonyl (C=O) groups excluding carboxylic acids is 1. The minimum Gasteiger partial charge on any atom is -0.361 e. The molecular weight excluding hydrogens is 367 g/mol. The number of hydrogen-bond donors (Lipinski definition) is 1. The topological polar surface area (TPSA) is 42.0 Å². The van der Waals surface area contributed by atoms with Gasteiger partial charge >= 0.3 is 0 Å². The number of dihydropyridines is 1. The third-order valence-corrected chi connectivity index (χ3v) is 7.21. The molecule has 1 aliphatic carbocycles. The fourth-order valence-electron chi connectivity index (χ4n) is 4.06. The second kappa shape index (κ2) is 6.35. The van der Waals surface area contributed by atoms with Crippen LogP contribution in [0.3, 0.4) is 0 Å². The number of allylic oxidation sites excluding steroid dienone is 4. The molecule has 0 fully saturated rings. The van der Waals surface area contributed by atoms with E-state index in [-0.39, 0.29) is 17.5 Å². The van der Waals surface area contributed by atoms with E-state index in [0.717, 1.165) is 41.8 Å². The molecule has 6 heteroatoms. The van der Waals surface area contributed by atoms with Gasteiger partial charge in [0.1, 0.15) is 10.8 Å². The highest BCUT2D eigenvalue weighted by molar-refractivity contribution is 8.03. The molecule has 2 aromatic rings. The van der Waals surface area contributed by atoms with Gasteiger partial charge in [0.2, 0.25) is 0 Å². The summed E-state index contributed by atoms with van der Waals surface area (Å²) in [5.74, 6) is 0.919. The van der Waals surface area contributed by atoms with Gasteiger partial charge in [-0.25, -0.2) is 9.37 Å². The van der Waals surface area contributed by atoms with Gasteiger partial charge in [-0.1, -0.05) is 6.07 Å². The minimum absolute atomic E-state index is 0.0686. The monoisotopic (exact) mass is 384 g/mol. The zero-order valence-electron chi connectivity index (χ0n) is 14.0. The van der Waals surface area contributed by atoms with Crippen molar-refractivity contribution in [3.8, 4) is 10.6 Å². The first-order valence-corrected chi connectivity index (χ1v) is 10.7. The summed E-state index contributed by atoms with van der Waals surface area (Å²) in [7, 11) is 0. The molecule has 5 rings (SSSR count). The Kier molecular flexibility index (Phi) is 3.98. The summed E-state index contributed by atoms with van der Waals surface area (Å²) < 4.78 is 14.4. The van der Waals surface area contributed by atoms with Gasteiger partial charge in [0, 0.05) is 57.1 Å². The number of thiazole rings is 1.